The van der Waals surface area contributed by atoms with Crippen LogP contribution in [0.15, 0.2) is 24.4 Å². The van der Waals surface area contributed by atoms with Crippen LogP contribution in [-0.4, -0.2) is 41.9 Å². The fourth-order valence-corrected chi connectivity index (χ4v) is 3.82. The highest BCUT2D eigenvalue weighted by Crippen LogP contribution is 2.27. The number of ketones is 1. The number of Topliss-reactive ketones (excluding diaryl/α,β-unsaturated/α-hetero) is 1. The molecule has 1 fully saturated rings. The molecule has 2 aromatic rings. The molecule has 0 saturated carbocycles. The number of fused-ring (bicyclic) bond motifs is 1. The first-order valence-electron chi connectivity index (χ1n) is 8.99. The molecular weight excluding hydrogens is 314 g/mol. The number of hydrogen-bond donors (Lipinski definition) is 0. The molecule has 2 aromatic heterocycles. The molecule has 0 radical (unpaired) electrons. The lowest BCUT2D eigenvalue weighted by molar-refractivity contribution is -0.364. The summed E-state index contributed by atoms with van der Waals surface area (Å²) in [6, 6.07) is 6.14. The minimum Gasteiger partial charge on any atom is -0.333 e. The van der Waals surface area contributed by atoms with Gasteiger partial charge in [0.2, 0.25) is 5.95 Å². The maximum absolute atomic E-state index is 12.3. The van der Waals surface area contributed by atoms with Crippen molar-refractivity contribution >= 4 is 17.5 Å². The maximum atomic E-state index is 12.3. The molecule has 1 saturated heterocycles. The molecule has 1 aliphatic heterocycles. The zero-order valence-corrected chi connectivity index (χ0v) is 14.8. The number of carbonyl (C=O) groups excluding carboxylic acids is 1. The lowest BCUT2D eigenvalue weighted by atomic mass is 9.86. The summed E-state index contributed by atoms with van der Waals surface area (Å²) in [4.78, 5) is 29.6. The molecule has 0 aromatic carbocycles. The average Bonchev–Trinajstić information content (AvgIpc) is 2.61. The third kappa shape index (κ3) is 3.08. The molecule has 25 heavy (non-hydrogen) atoms. The summed E-state index contributed by atoms with van der Waals surface area (Å²) in [5.41, 5.74) is 2.53. The van der Waals surface area contributed by atoms with E-state index in [0.717, 1.165) is 61.3 Å². The van der Waals surface area contributed by atoms with E-state index < -0.39 is 0 Å². The Bertz CT molecular complexity index is 784. The Morgan fingerprint density at radius 2 is 1.84 bits per heavy atom. The molecule has 4 rings (SSSR count). The minimum atomic E-state index is 0.197. The van der Waals surface area contributed by atoms with Gasteiger partial charge in [0.05, 0.1) is 36.2 Å². The molecule has 6 nitrogen and oxygen atoms in total. The van der Waals surface area contributed by atoms with Gasteiger partial charge >= 0.3 is 0 Å². The van der Waals surface area contributed by atoms with Crippen LogP contribution in [0.2, 0.25) is 0 Å². The van der Waals surface area contributed by atoms with Crippen molar-refractivity contribution in [3.63, 3.8) is 0 Å². The molecule has 0 bridgehead atoms. The smallest absolute Gasteiger partial charge is 0.274 e. The number of piperazine rings is 1. The number of H-pyrrole nitrogens is 1. The van der Waals surface area contributed by atoms with Crippen LogP contribution in [0.1, 0.15) is 35.1 Å². The van der Waals surface area contributed by atoms with Gasteiger partial charge in [0.15, 0.2) is 5.78 Å². The van der Waals surface area contributed by atoms with Gasteiger partial charge in [-0.1, -0.05) is 13.0 Å². The topological polar surface area (TPSA) is 63.5 Å². The van der Waals surface area contributed by atoms with Crippen molar-refractivity contribution in [2.24, 2.45) is 5.92 Å². The van der Waals surface area contributed by atoms with Crippen molar-refractivity contribution in [1.82, 2.24) is 9.97 Å². The largest absolute Gasteiger partial charge is 0.333 e. The van der Waals surface area contributed by atoms with Crippen LogP contribution in [0.25, 0.3) is 0 Å². The second kappa shape index (κ2) is 6.43. The number of carbonyl (C=O) groups is 1. The van der Waals surface area contributed by atoms with Gasteiger partial charge in [0.1, 0.15) is 13.1 Å². The molecule has 0 amide bonds. The van der Waals surface area contributed by atoms with Crippen molar-refractivity contribution in [3.8, 4) is 0 Å². The van der Waals surface area contributed by atoms with Gasteiger partial charge in [0, 0.05) is 12.5 Å². The lowest BCUT2D eigenvalue weighted by Crippen LogP contribution is -2.48. The molecule has 6 heteroatoms. The first-order chi connectivity index (χ1) is 12.1. The van der Waals surface area contributed by atoms with Gasteiger partial charge in [-0.25, -0.2) is 15.0 Å². The standard InChI is InChI=1S/C19H23N5O/c1-13-11-15-18(16(25)12-13)14(2)21-19(22-15)24-9-7-23(8-10-24)17-5-3-4-6-20-17/h3-6,13H,7-12H2,1-2H3/p+1/t13-/m1/s1. The highest BCUT2D eigenvalue weighted by Gasteiger charge is 2.29. The number of aromatic amines is 1. The second-order valence-corrected chi connectivity index (χ2v) is 7.09. The SMILES string of the molecule is Cc1nc(N2CCN(c3cccc[nH+]3)CC2)nc2c1C(=O)C[C@H](C)C2. The Kier molecular flexibility index (Phi) is 4.11. The first-order valence-corrected chi connectivity index (χ1v) is 8.99. The number of rotatable bonds is 2. The molecule has 0 unspecified atom stereocenters. The summed E-state index contributed by atoms with van der Waals surface area (Å²) >= 11 is 0. The molecule has 3 heterocycles. The predicted molar refractivity (Wildman–Crippen MR) is 96.0 cm³/mol. The number of nitrogens with one attached hydrogen (secondary N) is 1. The van der Waals surface area contributed by atoms with E-state index in [-0.39, 0.29) is 5.78 Å². The molecule has 2 aliphatic rings. The Balaban J connectivity index is 1.53. The van der Waals surface area contributed by atoms with E-state index in [1.807, 2.05) is 25.3 Å². The molecular formula is C19H24N5O+. The number of anilines is 2. The highest BCUT2D eigenvalue weighted by atomic mass is 16.1. The Morgan fingerprint density at radius 1 is 1.08 bits per heavy atom. The zero-order chi connectivity index (χ0) is 17.4. The molecule has 1 N–H and O–H groups in total. The van der Waals surface area contributed by atoms with E-state index in [4.69, 9.17) is 4.98 Å². The maximum Gasteiger partial charge on any atom is 0.274 e. The summed E-state index contributed by atoms with van der Waals surface area (Å²) < 4.78 is 0. The van der Waals surface area contributed by atoms with Crippen molar-refractivity contribution in [3.05, 3.63) is 41.3 Å². The van der Waals surface area contributed by atoms with Crippen molar-refractivity contribution < 1.29 is 9.78 Å². The van der Waals surface area contributed by atoms with E-state index >= 15 is 0 Å². The highest BCUT2D eigenvalue weighted by molar-refractivity contribution is 5.99. The fourth-order valence-electron chi connectivity index (χ4n) is 3.82. The van der Waals surface area contributed by atoms with Crippen molar-refractivity contribution in [2.45, 2.75) is 26.7 Å². The van der Waals surface area contributed by atoms with Crippen LogP contribution in [-0.2, 0) is 6.42 Å². The Morgan fingerprint density at radius 3 is 2.56 bits per heavy atom. The molecule has 1 aliphatic carbocycles. The normalized spacial score (nSPS) is 20.6. The van der Waals surface area contributed by atoms with Crippen LogP contribution in [0.5, 0.6) is 0 Å². The summed E-state index contributed by atoms with van der Waals surface area (Å²) in [5, 5.41) is 0. The second-order valence-electron chi connectivity index (χ2n) is 7.09. The number of hydrogen-bond acceptors (Lipinski definition) is 5. The third-order valence-corrected chi connectivity index (χ3v) is 5.10. The van der Waals surface area contributed by atoms with Crippen LogP contribution in [0.3, 0.4) is 0 Å². The van der Waals surface area contributed by atoms with E-state index in [1.54, 1.807) is 0 Å². The van der Waals surface area contributed by atoms with Crippen LogP contribution in [0.4, 0.5) is 11.8 Å². The van der Waals surface area contributed by atoms with Crippen LogP contribution < -0.4 is 14.8 Å². The summed E-state index contributed by atoms with van der Waals surface area (Å²) in [5.74, 6) is 2.48. The van der Waals surface area contributed by atoms with E-state index in [1.165, 1.54) is 0 Å². The van der Waals surface area contributed by atoms with Crippen LogP contribution in [0, 0.1) is 12.8 Å². The van der Waals surface area contributed by atoms with E-state index in [9.17, 15) is 4.79 Å². The van der Waals surface area contributed by atoms with Crippen LogP contribution >= 0.6 is 0 Å². The molecule has 0 spiro atoms. The summed E-state index contributed by atoms with van der Waals surface area (Å²) in [6.45, 7) is 7.67. The fraction of sp³-hybridized carbons (Fsp3) is 0.474. The average molecular weight is 338 g/mol. The van der Waals surface area contributed by atoms with E-state index in [0.29, 0.717) is 12.3 Å². The van der Waals surface area contributed by atoms with Gasteiger partial charge in [-0.05, 0) is 25.3 Å². The minimum absolute atomic E-state index is 0.197. The number of aromatic nitrogens is 3. The van der Waals surface area contributed by atoms with E-state index in [2.05, 4.69) is 32.8 Å². The molecule has 130 valence electrons. The third-order valence-electron chi connectivity index (χ3n) is 5.10. The monoisotopic (exact) mass is 338 g/mol. The van der Waals surface area contributed by atoms with Gasteiger partial charge in [-0.3, -0.25) is 9.69 Å². The van der Waals surface area contributed by atoms with Gasteiger partial charge in [0.25, 0.3) is 5.82 Å². The van der Waals surface area contributed by atoms with Crippen molar-refractivity contribution in [1.29, 1.82) is 0 Å². The zero-order valence-electron chi connectivity index (χ0n) is 14.8. The van der Waals surface area contributed by atoms with Gasteiger partial charge in [-0.15, -0.1) is 0 Å². The lowest BCUT2D eigenvalue weighted by Gasteiger charge is -2.32. The summed E-state index contributed by atoms with van der Waals surface area (Å²) in [7, 11) is 0. The Hall–Kier alpha value is -2.50. The Labute approximate surface area is 147 Å². The first kappa shape index (κ1) is 16.0. The van der Waals surface area contributed by atoms with Gasteiger partial charge in [-0.2, -0.15) is 0 Å². The number of aryl methyl sites for hydroxylation is 1. The van der Waals surface area contributed by atoms with Gasteiger partial charge < -0.3 is 4.90 Å². The predicted octanol–water partition coefficient (Wildman–Crippen LogP) is 1.69. The number of nitrogens with zero attached hydrogens (tertiary/aromatic N) is 4. The quantitative estimate of drug-likeness (QED) is 0.834. The van der Waals surface area contributed by atoms with Crippen molar-refractivity contribution in [2.75, 3.05) is 36.0 Å². The summed E-state index contributed by atoms with van der Waals surface area (Å²) in [6.07, 6.45) is 3.44. The number of pyridine rings is 1. The molecule has 1 atom stereocenters.